The highest BCUT2D eigenvalue weighted by atomic mass is 16.5. The van der Waals surface area contributed by atoms with Crippen molar-refractivity contribution in [1.29, 1.82) is 0 Å². The Morgan fingerprint density at radius 2 is 1.80 bits per heavy atom. The van der Waals surface area contributed by atoms with E-state index < -0.39 is 0 Å². The molecule has 0 aliphatic carbocycles. The molecule has 0 aromatic heterocycles. The third-order valence-electron chi connectivity index (χ3n) is 2.15. The Bertz CT molecular complexity index is 211. The molecule has 0 aromatic rings. The highest BCUT2D eigenvalue weighted by Gasteiger charge is 2.09. The number of ether oxygens (including phenoxy) is 1. The van der Waals surface area contributed by atoms with Crippen molar-refractivity contribution in [2.24, 2.45) is 5.41 Å². The standard InChI is InChI=1S/C13H24O2/c1-11(2)12(14)15-10-8-6-7-9-13(3,4)5/h1,6-10H2,2-5H3. The van der Waals surface area contributed by atoms with E-state index in [9.17, 15) is 4.79 Å². The third kappa shape index (κ3) is 9.51. The number of carbonyl (C=O) groups is 1. The minimum Gasteiger partial charge on any atom is -0.462 e. The molecule has 2 heteroatoms. The molecule has 0 fully saturated rings. The summed E-state index contributed by atoms with van der Waals surface area (Å²) in [4.78, 5) is 11.0. The highest BCUT2D eigenvalue weighted by Crippen LogP contribution is 2.21. The van der Waals surface area contributed by atoms with E-state index in [1.165, 1.54) is 12.8 Å². The van der Waals surface area contributed by atoms with Crippen molar-refractivity contribution in [1.82, 2.24) is 0 Å². The average molecular weight is 212 g/mol. The predicted octanol–water partition coefficient (Wildman–Crippen LogP) is 3.71. The van der Waals surface area contributed by atoms with Gasteiger partial charge in [0.15, 0.2) is 0 Å². The van der Waals surface area contributed by atoms with Gasteiger partial charge in [-0.15, -0.1) is 0 Å². The summed E-state index contributed by atoms with van der Waals surface area (Å²) < 4.78 is 5.00. The molecule has 0 rings (SSSR count). The summed E-state index contributed by atoms with van der Waals surface area (Å²) in [5, 5.41) is 0. The van der Waals surface area contributed by atoms with Crippen LogP contribution in [-0.2, 0) is 9.53 Å². The Morgan fingerprint density at radius 1 is 1.20 bits per heavy atom. The quantitative estimate of drug-likeness (QED) is 0.381. The van der Waals surface area contributed by atoms with Gasteiger partial charge in [-0.2, -0.15) is 0 Å². The second-order valence-corrected chi connectivity index (χ2v) is 5.29. The fourth-order valence-electron chi connectivity index (χ4n) is 1.22. The second-order valence-electron chi connectivity index (χ2n) is 5.29. The van der Waals surface area contributed by atoms with Gasteiger partial charge in [0.05, 0.1) is 6.61 Å². The van der Waals surface area contributed by atoms with E-state index in [1.807, 2.05) is 0 Å². The van der Waals surface area contributed by atoms with Crippen LogP contribution in [0.5, 0.6) is 0 Å². The summed E-state index contributed by atoms with van der Waals surface area (Å²) in [5.74, 6) is -0.272. The largest absolute Gasteiger partial charge is 0.462 e. The zero-order valence-corrected chi connectivity index (χ0v) is 10.6. The Balaban J connectivity index is 3.33. The van der Waals surface area contributed by atoms with Gasteiger partial charge in [0.1, 0.15) is 0 Å². The Kier molecular flexibility index (Phi) is 6.30. The first-order chi connectivity index (χ1) is 6.83. The minimum atomic E-state index is -0.272. The van der Waals surface area contributed by atoms with Crippen LogP contribution in [0.4, 0.5) is 0 Å². The summed E-state index contributed by atoms with van der Waals surface area (Å²) in [7, 11) is 0. The Labute approximate surface area is 93.7 Å². The predicted molar refractivity (Wildman–Crippen MR) is 63.7 cm³/mol. The van der Waals surface area contributed by atoms with E-state index in [4.69, 9.17) is 4.74 Å². The van der Waals surface area contributed by atoms with Gasteiger partial charge < -0.3 is 4.74 Å². The molecule has 0 saturated carbocycles. The minimum absolute atomic E-state index is 0.272. The zero-order chi connectivity index (χ0) is 11.9. The molecule has 15 heavy (non-hydrogen) atoms. The first kappa shape index (κ1) is 14.2. The molecule has 88 valence electrons. The molecule has 0 amide bonds. The lowest BCUT2D eigenvalue weighted by Crippen LogP contribution is -2.07. The van der Waals surface area contributed by atoms with E-state index in [-0.39, 0.29) is 5.97 Å². The monoisotopic (exact) mass is 212 g/mol. The van der Waals surface area contributed by atoms with Crippen LogP contribution >= 0.6 is 0 Å². The summed E-state index contributed by atoms with van der Waals surface area (Å²) in [6.45, 7) is 12.5. The Hall–Kier alpha value is -0.790. The normalized spacial score (nSPS) is 11.2. The Morgan fingerprint density at radius 3 is 2.27 bits per heavy atom. The lowest BCUT2D eigenvalue weighted by Gasteiger charge is -2.17. The maximum atomic E-state index is 11.0. The molecule has 0 spiro atoms. The zero-order valence-electron chi connectivity index (χ0n) is 10.6. The van der Waals surface area contributed by atoms with Crippen molar-refractivity contribution in [3.63, 3.8) is 0 Å². The van der Waals surface area contributed by atoms with Gasteiger partial charge in [0.25, 0.3) is 0 Å². The number of hydrogen-bond donors (Lipinski definition) is 0. The number of unbranched alkanes of at least 4 members (excludes halogenated alkanes) is 2. The fraction of sp³-hybridized carbons (Fsp3) is 0.769. The van der Waals surface area contributed by atoms with Crippen LogP contribution in [-0.4, -0.2) is 12.6 Å². The van der Waals surface area contributed by atoms with Gasteiger partial charge >= 0.3 is 5.97 Å². The topological polar surface area (TPSA) is 26.3 Å². The molecule has 0 atom stereocenters. The number of carbonyl (C=O) groups excluding carboxylic acids is 1. The number of hydrogen-bond acceptors (Lipinski definition) is 2. The van der Waals surface area contributed by atoms with Crippen LogP contribution in [0.2, 0.25) is 0 Å². The molecular weight excluding hydrogens is 188 g/mol. The van der Waals surface area contributed by atoms with Gasteiger partial charge in [-0.05, 0) is 25.2 Å². The van der Waals surface area contributed by atoms with Crippen LogP contribution in [0.25, 0.3) is 0 Å². The van der Waals surface area contributed by atoms with Crippen molar-refractivity contribution in [2.75, 3.05) is 6.61 Å². The summed E-state index contributed by atoms with van der Waals surface area (Å²) in [6.07, 6.45) is 4.51. The lowest BCUT2D eigenvalue weighted by atomic mass is 9.89. The van der Waals surface area contributed by atoms with Crippen LogP contribution in [0.3, 0.4) is 0 Å². The molecule has 0 heterocycles. The molecule has 0 bridgehead atoms. The SMILES string of the molecule is C=C(C)C(=O)OCCCCCC(C)(C)C. The van der Waals surface area contributed by atoms with Crippen LogP contribution in [0.15, 0.2) is 12.2 Å². The van der Waals surface area contributed by atoms with Crippen LogP contribution < -0.4 is 0 Å². The van der Waals surface area contributed by atoms with Crippen LogP contribution in [0.1, 0.15) is 53.4 Å². The van der Waals surface area contributed by atoms with Crippen molar-refractivity contribution in [3.05, 3.63) is 12.2 Å². The summed E-state index contributed by atoms with van der Waals surface area (Å²) in [5.41, 5.74) is 0.888. The third-order valence-corrected chi connectivity index (χ3v) is 2.15. The van der Waals surface area contributed by atoms with Gasteiger partial charge in [-0.1, -0.05) is 40.2 Å². The highest BCUT2D eigenvalue weighted by molar-refractivity contribution is 5.86. The molecule has 2 nitrogen and oxygen atoms in total. The van der Waals surface area contributed by atoms with Gasteiger partial charge in [-0.3, -0.25) is 0 Å². The van der Waals surface area contributed by atoms with E-state index in [0.29, 0.717) is 17.6 Å². The van der Waals surface area contributed by atoms with E-state index in [1.54, 1.807) is 6.92 Å². The van der Waals surface area contributed by atoms with Gasteiger partial charge in [0, 0.05) is 5.57 Å². The van der Waals surface area contributed by atoms with E-state index in [0.717, 1.165) is 12.8 Å². The molecule has 0 radical (unpaired) electrons. The van der Waals surface area contributed by atoms with Crippen molar-refractivity contribution < 1.29 is 9.53 Å². The lowest BCUT2D eigenvalue weighted by molar-refractivity contribution is -0.139. The fourth-order valence-corrected chi connectivity index (χ4v) is 1.22. The summed E-state index contributed by atoms with van der Waals surface area (Å²) in [6, 6.07) is 0. The number of rotatable bonds is 6. The van der Waals surface area contributed by atoms with Gasteiger partial charge in [-0.25, -0.2) is 4.79 Å². The van der Waals surface area contributed by atoms with Crippen LogP contribution in [0, 0.1) is 5.41 Å². The van der Waals surface area contributed by atoms with E-state index in [2.05, 4.69) is 27.4 Å². The van der Waals surface area contributed by atoms with Gasteiger partial charge in [0.2, 0.25) is 0 Å². The number of esters is 1. The molecule has 0 aromatic carbocycles. The van der Waals surface area contributed by atoms with Crippen molar-refractivity contribution in [3.8, 4) is 0 Å². The maximum absolute atomic E-state index is 11.0. The maximum Gasteiger partial charge on any atom is 0.333 e. The average Bonchev–Trinajstić information content (AvgIpc) is 2.08. The van der Waals surface area contributed by atoms with E-state index >= 15 is 0 Å². The first-order valence-corrected chi connectivity index (χ1v) is 5.65. The molecule has 0 aliphatic heterocycles. The van der Waals surface area contributed by atoms with Crippen molar-refractivity contribution in [2.45, 2.75) is 53.4 Å². The molecule has 0 saturated heterocycles. The molecule has 0 aliphatic rings. The summed E-state index contributed by atoms with van der Waals surface area (Å²) >= 11 is 0. The second kappa shape index (κ2) is 6.65. The molecule has 0 unspecified atom stereocenters. The van der Waals surface area contributed by atoms with Crippen molar-refractivity contribution >= 4 is 5.97 Å². The molecule has 0 N–H and O–H groups in total. The smallest absolute Gasteiger partial charge is 0.333 e. The first-order valence-electron chi connectivity index (χ1n) is 5.65. The molecular formula is C13H24O2.